The highest BCUT2D eigenvalue weighted by Crippen LogP contribution is 2.20. The van der Waals surface area contributed by atoms with Crippen LogP contribution in [0.15, 0.2) is 56.0 Å². The van der Waals surface area contributed by atoms with E-state index in [2.05, 4.69) is 20.2 Å². The number of fused-ring (bicyclic) bond motifs is 1. The lowest BCUT2D eigenvalue weighted by molar-refractivity contribution is -0.384. The number of hydrogen-bond acceptors (Lipinski definition) is 8. The molecule has 2 aromatic heterocycles. The summed E-state index contributed by atoms with van der Waals surface area (Å²) < 4.78 is 5.12. The molecule has 0 aliphatic heterocycles. The van der Waals surface area contributed by atoms with E-state index in [1.807, 2.05) is 0 Å². The molecular weight excluding hydrogens is 358 g/mol. The molecule has 0 aliphatic rings. The Hall–Kier alpha value is -4.06. The van der Waals surface area contributed by atoms with Crippen molar-refractivity contribution in [2.45, 2.75) is 6.10 Å². The maximum atomic E-state index is 12.5. The van der Waals surface area contributed by atoms with Gasteiger partial charge in [-0.2, -0.15) is 0 Å². The van der Waals surface area contributed by atoms with Crippen molar-refractivity contribution in [2.75, 3.05) is 0 Å². The summed E-state index contributed by atoms with van der Waals surface area (Å²) in [6.07, 6.45) is -0.152. The zero-order valence-corrected chi connectivity index (χ0v) is 13.6. The normalized spacial score (nSPS) is 12.7. The Balaban J connectivity index is 2.18. The molecular formula is C15H13N7O5. The van der Waals surface area contributed by atoms with Crippen molar-refractivity contribution < 1.29 is 14.4 Å². The number of aliphatic hydroxyl groups is 1. The Morgan fingerprint density at radius 2 is 2.11 bits per heavy atom. The molecule has 3 aromatic rings. The number of nitro groups is 1. The minimum Gasteiger partial charge on any atom is -0.466 e. The second-order valence-electron chi connectivity index (χ2n) is 5.30. The molecule has 0 saturated heterocycles. The van der Waals surface area contributed by atoms with Gasteiger partial charge >= 0.3 is 0 Å². The minimum absolute atomic E-state index is 0.0875. The fraction of sp³-hybridized carbons (Fsp3) is 0.0667. The quantitative estimate of drug-likeness (QED) is 0.210. The molecule has 0 spiro atoms. The molecule has 1 aromatic carbocycles. The molecule has 27 heavy (non-hydrogen) atoms. The largest absolute Gasteiger partial charge is 0.466 e. The standard InChI is InChI=1S/C15H13N7O5/c16-15(17)21-20-11(13(23)10-2-1-5-27-10)12-14(24)19-9-6-7(22(25)26)3-4-8(9)18-12/h1-6,13,23H,(H,19,24)(H4,16,17,21)/b20-11+/t13-/m0/s1. The molecule has 12 nitrogen and oxygen atoms in total. The first-order chi connectivity index (χ1) is 12.9. The van der Waals surface area contributed by atoms with Crippen LogP contribution in [-0.2, 0) is 0 Å². The van der Waals surface area contributed by atoms with Gasteiger partial charge in [-0.3, -0.25) is 14.9 Å². The van der Waals surface area contributed by atoms with Crippen LogP contribution in [0.3, 0.4) is 0 Å². The van der Waals surface area contributed by atoms with Gasteiger partial charge in [-0.15, -0.1) is 10.2 Å². The fourth-order valence-corrected chi connectivity index (χ4v) is 2.29. The third-order valence-electron chi connectivity index (χ3n) is 3.47. The molecule has 2 heterocycles. The van der Waals surface area contributed by atoms with E-state index in [9.17, 15) is 20.0 Å². The van der Waals surface area contributed by atoms with Gasteiger partial charge in [0.1, 0.15) is 11.5 Å². The van der Waals surface area contributed by atoms with Gasteiger partial charge in [-0.05, 0) is 18.2 Å². The van der Waals surface area contributed by atoms with Crippen LogP contribution >= 0.6 is 0 Å². The highest BCUT2D eigenvalue weighted by atomic mass is 16.6. The Labute approximate surface area is 150 Å². The van der Waals surface area contributed by atoms with E-state index in [0.29, 0.717) is 0 Å². The van der Waals surface area contributed by atoms with Crippen LogP contribution in [0.25, 0.3) is 11.0 Å². The minimum atomic E-state index is -1.48. The number of benzene rings is 1. The van der Waals surface area contributed by atoms with Gasteiger partial charge in [-0.25, -0.2) is 4.98 Å². The van der Waals surface area contributed by atoms with Gasteiger partial charge in [0.05, 0.1) is 22.2 Å². The third-order valence-corrected chi connectivity index (χ3v) is 3.47. The molecule has 0 fully saturated rings. The number of aliphatic hydroxyl groups excluding tert-OH is 1. The monoisotopic (exact) mass is 371 g/mol. The molecule has 12 heteroatoms. The van der Waals surface area contributed by atoms with Gasteiger partial charge in [0, 0.05) is 12.1 Å². The second kappa shape index (κ2) is 7.05. The predicted molar refractivity (Wildman–Crippen MR) is 95.0 cm³/mol. The lowest BCUT2D eigenvalue weighted by Gasteiger charge is -2.10. The average Bonchev–Trinajstić information content (AvgIpc) is 3.15. The molecule has 0 saturated carbocycles. The summed E-state index contributed by atoms with van der Waals surface area (Å²) in [5.41, 5.74) is 9.39. The van der Waals surface area contributed by atoms with E-state index in [-0.39, 0.29) is 33.9 Å². The number of H-pyrrole nitrogens is 1. The molecule has 3 rings (SSSR count). The molecule has 0 amide bonds. The second-order valence-corrected chi connectivity index (χ2v) is 5.30. The van der Waals surface area contributed by atoms with Crippen molar-refractivity contribution in [1.82, 2.24) is 9.97 Å². The van der Waals surface area contributed by atoms with Gasteiger partial charge < -0.3 is 26.0 Å². The number of nitrogens with zero attached hydrogens (tertiary/aromatic N) is 4. The van der Waals surface area contributed by atoms with Crippen LogP contribution in [0.2, 0.25) is 0 Å². The van der Waals surface area contributed by atoms with Gasteiger partial charge in [0.25, 0.3) is 11.2 Å². The topological polar surface area (TPSA) is 199 Å². The van der Waals surface area contributed by atoms with Gasteiger partial charge in [0.15, 0.2) is 11.8 Å². The van der Waals surface area contributed by atoms with Crippen LogP contribution in [-0.4, -0.2) is 31.7 Å². The first-order valence-corrected chi connectivity index (χ1v) is 7.43. The summed E-state index contributed by atoms with van der Waals surface area (Å²) in [6.45, 7) is 0. The number of aromatic nitrogens is 2. The number of non-ortho nitro benzene ring substituents is 1. The van der Waals surface area contributed by atoms with Crippen molar-refractivity contribution in [2.24, 2.45) is 21.7 Å². The number of rotatable bonds is 5. The highest BCUT2D eigenvalue weighted by molar-refractivity contribution is 6.03. The van der Waals surface area contributed by atoms with Crippen molar-refractivity contribution in [3.63, 3.8) is 0 Å². The Morgan fingerprint density at radius 3 is 2.74 bits per heavy atom. The van der Waals surface area contributed by atoms with Crippen molar-refractivity contribution in [3.05, 3.63) is 68.5 Å². The molecule has 6 N–H and O–H groups in total. The maximum absolute atomic E-state index is 12.5. The molecule has 138 valence electrons. The smallest absolute Gasteiger partial charge is 0.276 e. The zero-order valence-electron chi connectivity index (χ0n) is 13.6. The Bertz CT molecular complexity index is 1110. The summed E-state index contributed by atoms with van der Waals surface area (Å²) in [4.78, 5) is 29.3. The number of guanidine groups is 1. The first-order valence-electron chi connectivity index (χ1n) is 7.43. The van der Waals surface area contributed by atoms with Crippen LogP contribution in [0.4, 0.5) is 5.69 Å². The van der Waals surface area contributed by atoms with E-state index in [1.54, 1.807) is 0 Å². The summed E-state index contributed by atoms with van der Waals surface area (Å²) in [7, 11) is 0. The zero-order chi connectivity index (χ0) is 19.6. The van der Waals surface area contributed by atoms with Crippen molar-refractivity contribution >= 4 is 28.4 Å². The van der Waals surface area contributed by atoms with E-state index in [4.69, 9.17) is 15.9 Å². The number of hydrogen-bond donors (Lipinski definition) is 4. The van der Waals surface area contributed by atoms with E-state index in [1.165, 1.54) is 36.6 Å². The van der Waals surface area contributed by atoms with Crippen LogP contribution in [0.1, 0.15) is 17.6 Å². The van der Waals surface area contributed by atoms with Gasteiger partial charge in [0.2, 0.25) is 5.96 Å². The SMILES string of the molecule is NC(N)=N/N=C(\c1nc2ccc([N+](=O)[O-])cc2[nH]c1=O)[C@@H](O)c1ccco1. The Kier molecular flexibility index (Phi) is 4.64. The molecule has 0 aliphatic carbocycles. The van der Waals surface area contributed by atoms with E-state index in [0.717, 1.165) is 0 Å². The lowest BCUT2D eigenvalue weighted by Crippen LogP contribution is -2.26. The molecule has 0 bridgehead atoms. The van der Waals surface area contributed by atoms with Crippen LogP contribution < -0.4 is 17.0 Å². The van der Waals surface area contributed by atoms with Crippen molar-refractivity contribution in [3.8, 4) is 0 Å². The third kappa shape index (κ3) is 3.64. The van der Waals surface area contributed by atoms with E-state index < -0.39 is 22.5 Å². The highest BCUT2D eigenvalue weighted by Gasteiger charge is 2.25. The van der Waals surface area contributed by atoms with E-state index >= 15 is 0 Å². The maximum Gasteiger partial charge on any atom is 0.276 e. The van der Waals surface area contributed by atoms with Gasteiger partial charge in [-0.1, -0.05) is 0 Å². The summed E-state index contributed by atoms with van der Waals surface area (Å²) in [5.74, 6) is -0.309. The Morgan fingerprint density at radius 1 is 1.33 bits per heavy atom. The lowest BCUT2D eigenvalue weighted by atomic mass is 10.1. The summed E-state index contributed by atoms with van der Waals surface area (Å²) in [6, 6.07) is 6.75. The van der Waals surface area contributed by atoms with Crippen molar-refractivity contribution in [1.29, 1.82) is 0 Å². The number of nitrogens with two attached hydrogens (primary N) is 2. The van der Waals surface area contributed by atoms with Crippen LogP contribution in [0, 0.1) is 10.1 Å². The number of nitro benzene ring substituents is 1. The molecule has 1 atom stereocenters. The number of nitrogens with one attached hydrogen (secondary N) is 1. The fourth-order valence-electron chi connectivity index (χ4n) is 2.29. The van der Waals surface area contributed by atoms with Crippen LogP contribution in [0.5, 0.6) is 0 Å². The molecule has 0 unspecified atom stereocenters. The number of furan rings is 1. The average molecular weight is 371 g/mol. The number of aromatic amines is 1. The summed E-state index contributed by atoms with van der Waals surface area (Å²) in [5, 5.41) is 28.5. The predicted octanol–water partition coefficient (Wildman–Crippen LogP) is 0.135. The first kappa shape index (κ1) is 17.8. The summed E-state index contributed by atoms with van der Waals surface area (Å²) >= 11 is 0. The molecule has 0 radical (unpaired) electrons.